The molecule has 0 bridgehead atoms. The van der Waals surface area contributed by atoms with Gasteiger partial charge in [-0.15, -0.1) is 0 Å². The van der Waals surface area contributed by atoms with Crippen LogP contribution in [0.1, 0.15) is 34.3 Å². The predicted molar refractivity (Wildman–Crippen MR) is 103 cm³/mol. The van der Waals surface area contributed by atoms with Gasteiger partial charge >= 0.3 is 0 Å². The smallest absolute Gasteiger partial charge is 0.251 e. The van der Waals surface area contributed by atoms with Gasteiger partial charge in [-0.2, -0.15) is 4.31 Å². The lowest BCUT2D eigenvalue weighted by Gasteiger charge is -2.16. The summed E-state index contributed by atoms with van der Waals surface area (Å²) in [7, 11) is -1.91. The zero-order valence-electron chi connectivity index (χ0n) is 15.3. The van der Waals surface area contributed by atoms with E-state index in [0.29, 0.717) is 31.8 Å². The van der Waals surface area contributed by atoms with E-state index in [1.54, 1.807) is 25.3 Å². The second-order valence-electron chi connectivity index (χ2n) is 6.52. The molecule has 0 aromatic heterocycles. The van der Waals surface area contributed by atoms with E-state index in [2.05, 4.69) is 5.32 Å². The van der Waals surface area contributed by atoms with Gasteiger partial charge in [0.15, 0.2) is 0 Å². The van der Waals surface area contributed by atoms with Gasteiger partial charge in [0.25, 0.3) is 5.91 Å². The molecule has 1 aliphatic heterocycles. The maximum atomic E-state index is 12.7. The summed E-state index contributed by atoms with van der Waals surface area (Å²) in [4.78, 5) is 12.7. The first-order valence-corrected chi connectivity index (χ1v) is 10.4. The number of sulfonamides is 1. The van der Waals surface area contributed by atoms with Crippen molar-refractivity contribution in [3.05, 3.63) is 65.2 Å². The number of hydrogen-bond donors (Lipinski definition) is 1. The van der Waals surface area contributed by atoms with E-state index in [-0.39, 0.29) is 10.8 Å². The Morgan fingerprint density at radius 3 is 2.48 bits per heavy atom. The van der Waals surface area contributed by atoms with Crippen molar-refractivity contribution in [3.63, 3.8) is 0 Å². The van der Waals surface area contributed by atoms with Crippen LogP contribution in [0.4, 0.5) is 0 Å². The Hall–Kier alpha value is -2.22. The lowest BCUT2D eigenvalue weighted by Crippen LogP contribution is -2.28. The van der Waals surface area contributed by atoms with Gasteiger partial charge in [-0.25, -0.2) is 8.42 Å². The van der Waals surface area contributed by atoms with Crippen molar-refractivity contribution in [1.29, 1.82) is 0 Å². The Bertz CT molecular complexity index is 906. The van der Waals surface area contributed by atoms with Crippen LogP contribution in [0.2, 0.25) is 0 Å². The highest BCUT2D eigenvalue weighted by Gasteiger charge is 2.27. The van der Waals surface area contributed by atoms with E-state index in [4.69, 9.17) is 4.74 Å². The summed E-state index contributed by atoms with van der Waals surface area (Å²) in [6, 6.07) is 13.9. The number of hydrogen-bond acceptors (Lipinski definition) is 4. The number of methoxy groups -OCH3 is 1. The minimum absolute atomic E-state index is 0.164. The topological polar surface area (TPSA) is 75.7 Å². The molecule has 144 valence electrons. The summed E-state index contributed by atoms with van der Waals surface area (Å²) in [6.07, 6.45) is 1.75. The molecule has 1 fully saturated rings. The fourth-order valence-corrected chi connectivity index (χ4v) is 4.74. The second-order valence-corrected chi connectivity index (χ2v) is 8.46. The van der Waals surface area contributed by atoms with Crippen molar-refractivity contribution >= 4 is 15.9 Å². The Kier molecular flexibility index (Phi) is 6.26. The quantitative estimate of drug-likeness (QED) is 0.791. The maximum absolute atomic E-state index is 12.7. The van der Waals surface area contributed by atoms with Crippen molar-refractivity contribution in [2.45, 2.75) is 30.9 Å². The van der Waals surface area contributed by atoms with Crippen molar-refractivity contribution < 1.29 is 17.9 Å². The molecule has 0 spiro atoms. The Balaban J connectivity index is 1.73. The molecule has 6 nitrogen and oxygen atoms in total. The maximum Gasteiger partial charge on any atom is 0.251 e. The Morgan fingerprint density at radius 2 is 1.78 bits per heavy atom. The van der Waals surface area contributed by atoms with Crippen LogP contribution in [0.25, 0.3) is 0 Å². The monoisotopic (exact) mass is 388 g/mol. The molecule has 27 heavy (non-hydrogen) atoms. The molecule has 1 heterocycles. The first-order valence-electron chi connectivity index (χ1n) is 8.96. The number of rotatable bonds is 7. The van der Waals surface area contributed by atoms with Gasteiger partial charge in [-0.05, 0) is 42.2 Å². The van der Waals surface area contributed by atoms with E-state index in [9.17, 15) is 13.2 Å². The van der Waals surface area contributed by atoms with Crippen LogP contribution >= 0.6 is 0 Å². The number of nitrogens with one attached hydrogen (secondary N) is 1. The third-order valence-corrected chi connectivity index (χ3v) is 6.55. The predicted octanol–water partition coefficient (Wildman–Crippen LogP) is 2.55. The summed E-state index contributed by atoms with van der Waals surface area (Å²) >= 11 is 0. The first-order chi connectivity index (χ1) is 13.0. The van der Waals surface area contributed by atoms with Crippen LogP contribution in [0, 0.1) is 0 Å². The highest BCUT2D eigenvalue weighted by Crippen LogP contribution is 2.21. The van der Waals surface area contributed by atoms with Gasteiger partial charge in [-0.1, -0.05) is 30.3 Å². The van der Waals surface area contributed by atoms with Crippen LogP contribution in [-0.4, -0.2) is 38.8 Å². The normalized spacial score (nSPS) is 15.0. The van der Waals surface area contributed by atoms with E-state index in [1.165, 1.54) is 10.4 Å². The summed E-state index contributed by atoms with van der Waals surface area (Å²) in [5.41, 5.74) is 2.30. The van der Waals surface area contributed by atoms with Gasteiger partial charge in [-0.3, -0.25) is 4.79 Å². The zero-order chi connectivity index (χ0) is 19.3. The van der Waals surface area contributed by atoms with Crippen LogP contribution in [0.15, 0.2) is 53.4 Å². The lowest BCUT2D eigenvalue weighted by molar-refractivity contribution is 0.0950. The molecule has 0 radical (unpaired) electrons. The summed E-state index contributed by atoms with van der Waals surface area (Å²) in [6.45, 7) is 1.89. The van der Waals surface area contributed by atoms with E-state index < -0.39 is 10.0 Å². The highest BCUT2D eigenvalue weighted by molar-refractivity contribution is 7.89. The molecule has 1 N–H and O–H groups in total. The number of carbonyl (C=O) groups is 1. The average molecular weight is 388 g/mol. The number of nitrogens with zero attached hydrogens (tertiary/aromatic N) is 1. The van der Waals surface area contributed by atoms with Gasteiger partial charge in [0.05, 0.1) is 11.5 Å². The fraction of sp³-hybridized carbons (Fsp3) is 0.350. The van der Waals surface area contributed by atoms with Gasteiger partial charge in [0, 0.05) is 32.3 Å². The third kappa shape index (κ3) is 4.55. The van der Waals surface area contributed by atoms with Crippen LogP contribution in [0.3, 0.4) is 0 Å². The standard InChI is InChI=1S/C20H24N2O4S/c1-26-15-18-8-3-2-7-17(18)14-21-20(23)16-9-6-10-19(13-16)27(24,25)22-11-4-5-12-22/h2-3,6-10,13H,4-5,11-12,14-15H2,1H3,(H,21,23). The van der Waals surface area contributed by atoms with Crippen molar-refractivity contribution in [2.75, 3.05) is 20.2 Å². The summed E-state index contributed by atoms with van der Waals surface area (Å²) in [5, 5.41) is 2.86. The van der Waals surface area contributed by atoms with Crippen molar-refractivity contribution in [2.24, 2.45) is 0 Å². The number of carbonyl (C=O) groups excluding carboxylic acids is 1. The molecule has 7 heteroatoms. The number of benzene rings is 2. The Labute approximate surface area is 160 Å². The summed E-state index contributed by atoms with van der Waals surface area (Å²) < 4.78 is 32.0. The molecule has 3 rings (SSSR count). The Morgan fingerprint density at radius 1 is 1.07 bits per heavy atom. The van der Waals surface area contributed by atoms with Crippen molar-refractivity contribution in [1.82, 2.24) is 9.62 Å². The zero-order valence-corrected chi connectivity index (χ0v) is 16.2. The largest absolute Gasteiger partial charge is 0.380 e. The van der Waals surface area contributed by atoms with Gasteiger partial charge < -0.3 is 10.1 Å². The molecule has 1 aliphatic rings. The fourth-order valence-electron chi connectivity index (χ4n) is 3.18. The van der Waals surface area contributed by atoms with E-state index in [1.807, 2.05) is 24.3 Å². The molecule has 1 amide bonds. The molecule has 1 saturated heterocycles. The second kappa shape index (κ2) is 8.65. The molecule has 2 aromatic carbocycles. The SMILES string of the molecule is COCc1ccccc1CNC(=O)c1cccc(S(=O)(=O)N2CCCC2)c1. The molecular formula is C20H24N2O4S. The molecule has 0 atom stereocenters. The van der Waals surface area contributed by atoms with Gasteiger partial charge in [0.1, 0.15) is 0 Å². The minimum atomic E-state index is -3.54. The van der Waals surface area contributed by atoms with Gasteiger partial charge in [0.2, 0.25) is 10.0 Å². The van der Waals surface area contributed by atoms with E-state index in [0.717, 1.165) is 24.0 Å². The summed E-state index contributed by atoms with van der Waals surface area (Å²) in [5.74, 6) is -0.305. The lowest BCUT2D eigenvalue weighted by atomic mass is 10.1. The average Bonchev–Trinajstić information content (AvgIpc) is 3.23. The molecule has 2 aromatic rings. The van der Waals surface area contributed by atoms with E-state index >= 15 is 0 Å². The van der Waals surface area contributed by atoms with Crippen LogP contribution in [0.5, 0.6) is 0 Å². The van der Waals surface area contributed by atoms with Crippen LogP contribution in [-0.2, 0) is 27.9 Å². The molecule has 0 unspecified atom stereocenters. The third-order valence-electron chi connectivity index (χ3n) is 4.66. The molecule has 0 saturated carbocycles. The number of amides is 1. The first kappa shape index (κ1) is 19.5. The number of ether oxygens (including phenoxy) is 1. The van der Waals surface area contributed by atoms with Crippen LogP contribution < -0.4 is 5.32 Å². The minimum Gasteiger partial charge on any atom is -0.380 e. The highest BCUT2D eigenvalue weighted by atomic mass is 32.2. The van der Waals surface area contributed by atoms with Crippen molar-refractivity contribution in [3.8, 4) is 0 Å². The molecular weight excluding hydrogens is 364 g/mol. The molecule has 0 aliphatic carbocycles.